The molecule has 72 valence electrons. The Morgan fingerprint density at radius 3 is 2.93 bits per heavy atom. The highest BCUT2D eigenvalue weighted by Crippen LogP contribution is 1.86. The fourth-order valence-corrected chi connectivity index (χ4v) is 1.20. The zero-order chi connectivity index (χ0) is 9.80. The van der Waals surface area contributed by atoms with Gasteiger partial charge in [-0.05, 0) is 6.07 Å². The van der Waals surface area contributed by atoms with E-state index < -0.39 is 0 Å². The third-order valence-corrected chi connectivity index (χ3v) is 1.94. The lowest BCUT2D eigenvalue weighted by Crippen LogP contribution is -2.20. The molecule has 0 bridgehead atoms. The molecule has 0 aliphatic carbocycles. The lowest BCUT2D eigenvalue weighted by molar-refractivity contribution is 0.522. The third kappa shape index (κ3) is 1.87. The molecule has 5 nitrogen and oxygen atoms in total. The number of nitrogens with zero attached hydrogens (tertiary/aromatic N) is 4. The lowest BCUT2D eigenvalue weighted by Gasteiger charge is -2.03. The second kappa shape index (κ2) is 3.87. The van der Waals surface area contributed by atoms with Gasteiger partial charge in [0.1, 0.15) is 12.7 Å². The molecule has 0 spiro atoms. The van der Waals surface area contributed by atoms with Crippen molar-refractivity contribution >= 4 is 0 Å². The van der Waals surface area contributed by atoms with Gasteiger partial charge in [-0.15, -0.1) is 0 Å². The Kier molecular flexibility index (Phi) is 2.40. The van der Waals surface area contributed by atoms with E-state index in [4.69, 9.17) is 0 Å². The van der Waals surface area contributed by atoms with Crippen LogP contribution in [0.4, 0.5) is 0 Å². The maximum Gasteiger partial charge on any atom is 0.250 e. The average molecular weight is 190 g/mol. The topological polar surface area (TPSA) is 52.7 Å². The van der Waals surface area contributed by atoms with Crippen molar-refractivity contribution in [3.05, 3.63) is 47.4 Å². The Balaban J connectivity index is 2.06. The second-order valence-corrected chi connectivity index (χ2v) is 2.89. The van der Waals surface area contributed by atoms with E-state index in [1.165, 1.54) is 6.33 Å². The first-order valence-electron chi connectivity index (χ1n) is 4.34. The van der Waals surface area contributed by atoms with Crippen molar-refractivity contribution in [2.45, 2.75) is 13.1 Å². The van der Waals surface area contributed by atoms with Gasteiger partial charge in [-0.3, -0.25) is 9.48 Å². The van der Waals surface area contributed by atoms with Crippen LogP contribution < -0.4 is 5.56 Å². The molecule has 0 unspecified atom stereocenters. The van der Waals surface area contributed by atoms with Crippen LogP contribution in [0.3, 0.4) is 0 Å². The molecule has 0 amide bonds. The van der Waals surface area contributed by atoms with E-state index in [9.17, 15) is 4.79 Å². The van der Waals surface area contributed by atoms with Crippen LogP contribution in [0.2, 0.25) is 0 Å². The molecule has 2 rings (SSSR count). The van der Waals surface area contributed by atoms with Crippen molar-refractivity contribution in [1.29, 1.82) is 0 Å². The highest BCUT2D eigenvalue weighted by Gasteiger charge is 1.94. The minimum absolute atomic E-state index is 0.00705. The lowest BCUT2D eigenvalue weighted by atomic mass is 10.4. The maximum absolute atomic E-state index is 11.3. The number of hydrogen-bond acceptors (Lipinski definition) is 3. The SMILES string of the molecule is O=c1ccccn1CCn1cncn1. The highest BCUT2D eigenvalue weighted by atomic mass is 16.1. The summed E-state index contributed by atoms with van der Waals surface area (Å²) in [5.41, 5.74) is 0.00705. The predicted octanol–water partition coefficient (Wildman–Crippen LogP) is 0.140. The van der Waals surface area contributed by atoms with Gasteiger partial charge in [0.2, 0.25) is 0 Å². The molecular formula is C9H10N4O. The van der Waals surface area contributed by atoms with Gasteiger partial charge in [-0.25, -0.2) is 4.98 Å². The Bertz CT molecular complexity index is 446. The molecule has 0 atom stereocenters. The van der Waals surface area contributed by atoms with Crippen molar-refractivity contribution in [2.24, 2.45) is 0 Å². The molecule has 0 aliphatic rings. The van der Waals surface area contributed by atoms with Crippen molar-refractivity contribution in [3.63, 3.8) is 0 Å². The molecule has 0 aromatic carbocycles. The number of rotatable bonds is 3. The molecule has 2 heterocycles. The molecule has 0 aliphatic heterocycles. The molecule has 0 saturated carbocycles. The largest absolute Gasteiger partial charge is 0.314 e. The number of aromatic nitrogens is 4. The normalized spacial score (nSPS) is 10.3. The van der Waals surface area contributed by atoms with Gasteiger partial charge >= 0.3 is 0 Å². The first kappa shape index (κ1) is 8.68. The average Bonchev–Trinajstić information content (AvgIpc) is 2.69. The zero-order valence-electron chi connectivity index (χ0n) is 7.58. The highest BCUT2D eigenvalue weighted by molar-refractivity contribution is 4.92. The monoisotopic (exact) mass is 190 g/mol. The summed E-state index contributed by atoms with van der Waals surface area (Å²) in [5, 5.41) is 3.95. The van der Waals surface area contributed by atoms with E-state index in [0.717, 1.165) is 0 Å². The summed E-state index contributed by atoms with van der Waals surface area (Å²) in [6.07, 6.45) is 4.88. The summed E-state index contributed by atoms with van der Waals surface area (Å²) in [6, 6.07) is 5.11. The molecule has 14 heavy (non-hydrogen) atoms. The Labute approximate surface area is 80.6 Å². The van der Waals surface area contributed by atoms with E-state index in [1.54, 1.807) is 33.9 Å². The summed E-state index contributed by atoms with van der Waals surface area (Å²) >= 11 is 0. The van der Waals surface area contributed by atoms with Crippen LogP contribution in [-0.4, -0.2) is 19.3 Å². The fourth-order valence-electron chi connectivity index (χ4n) is 1.20. The van der Waals surface area contributed by atoms with E-state index in [2.05, 4.69) is 10.1 Å². The van der Waals surface area contributed by atoms with Crippen molar-refractivity contribution < 1.29 is 0 Å². The van der Waals surface area contributed by atoms with Crippen LogP contribution in [0, 0.1) is 0 Å². The van der Waals surface area contributed by atoms with Gasteiger partial charge in [-0.2, -0.15) is 5.10 Å². The number of pyridine rings is 1. The van der Waals surface area contributed by atoms with Gasteiger partial charge in [0.25, 0.3) is 5.56 Å². The Morgan fingerprint density at radius 1 is 1.29 bits per heavy atom. The predicted molar refractivity (Wildman–Crippen MR) is 50.7 cm³/mol. The first-order chi connectivity index (χ1) is 6.86. The number of aryl methyl sites for hydroxylation is 2. The molecule has 0 N–H and O–H groups in total. The smallest absolute Gasteiger partial charge is 0.250 e. The van der Waals surface area contributed by atoms with E-state index in [-0.39, 0.29) is 5.56 Å². The molecular weight excluding hydrogens is 180 g/mol. The molecule has 2 aromatic rings. The van der Waals surface area contributed by atoms with Crippen LogP contribution in [0.5, 0.6) is 0 Å². The van der Waals surface area contributed by atoms with E-state index in [1.807, 2.05) is 6.07 Å². The fraction of sp³-hybridized carbons (Fsp3) is 0.222. The van der Waals surface area contributed by atoms with E-state index >= 15 is 0 Å². The van der Waals surface area contributed by atoms with Crippen LogP contribution >= 0.6 is 0 Å². The van der Waals surface area contributed by atoms with E-state index in [0.29, 0.717) is 13.1 Å². The molecule has 0 radical (unpaired) electrons. The van der Waals surface area contributed by atoms with Crippen LogP contribution in [0.15, 0.2) is 41.8 Å². The zero-order valence-corrected chi connectivity index (χ0v) is 7.58. The van der Waals surface area contributed by atoms with Gasteiger partial charge in [-0.1, -0.05) is 6.07 Å². The van der Waals surface area contributed by atoms with Gasteiger partial charge in [0.15, 0.2) is 0 Å². The molecule has 0 saturated heterocycles. The summed E-state index contributed by atoms with van der Waals surface area (Å²) < 4.78 is 3.33. The standard InChI is InChI=1S/C9H10N4O/c14-9-3-1-2-4-12(9)5-6-13-8-10-7-11-13/h1-4,7-8H,5-6H2. The minimum Gasteiger partial charge on any atom is -0.314 e. The molecule has 0 fully saturated rings. The molecule has 2 aromatic heterocycles. The van der Waals surface area contributed by atoms with Gasteiger partial charge < -0.3 is 4.57 Å². The van der Waals surface area contributed by atoms with Crippen molar-refractivity contribution in [3.8, 4) is 0 Å². The third-order valence-electron chi connectivity index (χ3n) is 1.94. The summed E-state index contributed by atoms with van der Waals surface area (Å²) in [5.74, 6) is 0. The summed E-state index contributed by atoms with van der Waals surface area (Å²) in [6.45, 7) is 1.27. The Morgan fingerprint density at radius 2 is 2.21 bits per heavy atom. The van der Waals surface area contributed by atoms with Crippen LogP contribution in [0.1, 0.15) is 0 Å². The summed E-state index contributed by atoms with van der Waals surface area (Å²) in [7, 11) is 0. The number of hydrogen-bond donors (Lipinski definition) is 0. The maximum atomic E-state index is 11.3. The van der Waals surface area contributed by atoms with Crippen molar-refractivity contribution in [2.75, 3.05) is 0 Å². The summed E-state index contributed by atoms with van der Waals surface area (Å²) in [4.78, 5) is 15.1. The second-order valence-electron chi connectivity index (χ2n) is 2.89. The van der Waals surface area contributed by atoms with Crippen molar-refractivity contribution in [1.82, 2.24) is 19.3 Å². The van der Waals surface area contributed by atoms with Crippen LogP contribution in [0.25, 0.3) is 0 Å². The quantitative estimate of drug-likeness (QED) is 0.691. The molecule has 5 heteroatoms. The minimum atomic E-state index is 0.00705. The van der Waals surface area contributed by atoms with Crippen LogP contribution in [-0.2, 0) is 13.1 Å². The van der Waals surface area contributed by atoms with Gasteiger partial charge in [0, 0.05) is 18.8 Å². The Hall–Kier alpha value is -1.91. The first-order valence-corrected chi connectivity index (χ1v) is 4.34. The van der Waals surface area contributed by atoms with Gasteiger partial charge in [0.05, 0.1) is 6.54 Å².